The number of hydrogen-bond acceptors (Lipinski definition) is 2. The first kappa shape index (κ1) is 15.0. The Labute approximate surface area is 110 Å². The Balaban J connectivity index is 2.58. The number of hydrogen-bond donors (Lipinski definition) is 1. The largest absolute Gasteiger partial charge is 0.492 e. The van der Waals surface area contributed by atoms with Crippen LogP contribution < -0.4 is 10.1 Å². The molecule has 0 spiro atoms. The minimum Gasteiger partial charge on any atom is -0.492 e. The van der Waals surface area contributed by atoms with Gasteiger partial charge in [0.2, 0.25) is 0 Å². The highest BCUT2D eigenvalue weighted by molar-refractivity contribution is 5.28. The molecule has 0 saturated carbocycles. The van der Waals surface area contributed by atoms with Gasteiger partial charge in [-0.15, -0.1) is 0 Å². The number of ether oxygens (including phenoxy) is 1. The lowest BCUT2D eigenvalue weighted by Crippen LogP contribution is -2.39. The predicted molar refractivity (Wildman–Crippen MR) is 73.6 cm³/mol. The Morgan fingerprint density at radius 2 is 2.06 bits per heavy atom. The molecule has 0 aliphatic carbocycles. The van der Waals surface area contributed by atoms with Crippen LogP contribution in [-0.4, -0.2) is 19.2 Å². The van der Waals surface area contributed by atoms with Crippen LogP contribution in [0.5, 0.6) is 5.75 Å². The molecule has 0 aliphatic heterocycles. The lowest BCUT2D eigenvalue weighted by Gasteiger charge is -2.24. The van der Waals surface area contributed by atoms with Crippen LogP contribution in [0.2, 0.25) is 0 Å². The Morgan fingerprint density at radius 1 is 1.33 bits per heavy atom. The van der Waals surface area contributed by atoms with E-state index in [1.54, 1.807) is 19.1 Å². The second kappa shape index (κ2) is 7.37. The molecular formula is C15H24FNO. The van der Waals surface area contributed by atoms with Crippen LogP contribution in [0, 0.1) is 18.7 Å². The molecule has 2 nitrogen and oxygen atoms in total. The van der Waals surface area contributed by atoms with Crippen LogP contribution in [0.15, 0.2) is 18.2 Å². The number of halogens is 1. The lowest BCUT2D eigenvalue weighted by atomic mass is 10.00. The van der Waals surface area contributed by atoms with Crippen molar-refractivity contribution in [2.24, 2.45) is 5.92 Å². The molecule has 0 radical (unpaired) electrons. The molecule has 0 fully saturated rings. The van der Waals surface area contributed by atoms with Gasteiger partial charge in [-0.2, -0.15) is 0 Å². The van der Waals surface area contributed by atoms with Gasteiger partial charge in [-0.1, -0.05) is 27.2 Å². The fourth-order valence-corrected chi connectivity index (χ4v) is 1.86. The Morgan fingerprint density at radius 3 is 2.61 bits per heavy atom. The molecular weight excluding hydrogens is 229 g/mol. The van der Waals surface area contributed by atoms with E-state index in [1.807, 2.05) is 0 Å². The summed E-state index contributed by atoms with van der Waals surface area (Å²) in [5, 5.41) is 3.43. The number of nitrogens with one attached hydrogen (secondary N) is 1. The number of benzene rings is 1. The molecule has 0 aromatic heterocycles. The zero-order valence-corrected chi connectivity index (χ0v) is 11.8. The third-order valence-electron chi connectivity index (χ3n) is 3.36. The molecule has 1 aromatic carbocycles. The molecule has 0 saturated heterocycles. The second-order valence-corrected chi connectivity index (χ2v) is 4.77. The molecule has 0 bridgehead atoms. The van der Waals surface area contributed by atoms with Crippen molar-refractivity contribution in [1.82, 2.24) is 5.32 Å². The SMILES string of the molecule is CCNC(COc1ccc(F)c(C)c1)C(C)CC. The minimum atomic E-state index is -0.187. The summed E-state index contributed by atoms with van der Waals surface area (Å²) < 4.78 is 18.9. The van der Waals surface area contributed by atoms with Crippen LogP contribution >= 0.6 is 0 Å². The summed E-state index contributed by atoms with van der Waals surface area (Å²) in [4.78, 5) is 0. The normalized spacial score (nSPS) is 14.3. The Bertz CT molecular complexity index is 368. The van der Waals surface area contributed by atoms with Crippen molar-refractivity contribution < 1.29 is 9.13 Å². The van der Waals surface area contributed by atoms with Gasteiger partial charge in [0.25, 0.3) is 0 Å². The summed E-state index contributed by atoms with van der Waals surface area (Å²) in [6.07, 6.45) is 1.11. The van der Waals surface area contributed by atoms with Gasteiger partial charge in [0.05, 0.1) is 0 Å². The van der Waals surface area contributed by atoms with Crippen LogP contribution in [0.3, 0.4) is 0 Å². The van der Waals surface area contributed by atoms with Gasteiger partial charge < -0.3 is 10.1 Å². The third kappa shape index (κ3) is 4.30. The maximum Gasteiger partial charge on any atom is 0.126 e. The second-order valence-electron chi connectivity index (χ2n) is 4.77. The van der Waals surface area contributed by atoms with Gasteiger partial charge in [0.15, 0.2) is 0 Å². The first-order valence-corrected chi connectivity index (χ1v) is 6.70. The Hall–Kier alpha value is -1.09. The maximum atomic E-state index is 13.1. The van der Waals surface area contributed by atoms with E-state index in [2.05, 4.69) is 26.1 Å². The summed E-state index contributed by atoms with van der Waals surface area (Å²) >= 11 is 0. The molecule has 2 unspecified atom stereocenters. The van der Waals surface area contributed by atoms with Gasteiger partial charge in [-0.05, 0) is 43.1 Å². The van der Waals surface area contributed by atoms with Gasteiger partial charge in [-0.25, -0.2) is 4.39 Å². The molecule has 18 heavy (non-hydrogen) atoms. The average molecular weight is 253 g/mol. The first-order valence-electron chi connectivity index (χ1n) is 6.70. The highest BCUT2D eigenvalue weighted by Gasteiger charge is 2.15. The predicted octanol–water partition coefficient (Wildman–Crippen LogP) is 3.54. The van der Waals surface area contributed by atoms with Crippen molar-refractivity contribution in [3.63, 3.8) is 0 Å². The van der Waals surface area contributed by atoms with Crippen molar-refractivity contribution in [3.8, 4) is 5.75 Å². The molecule has 0 aliphatic rings. The van der Waals surface area contributed by atoms with Gasteiger partial charge in [-0.3, -0.25) is 0 Å². The van der Waals surface area contributed by atoms with Gasteiger partial charge >= 0.3 is 0 Å². The van der Waals surface area contributed by atoms with E-state index in [1.165, 1.54) is 6.07 Å². The van der Waals surface area contributed by atoms with Crippen LogP contribution in [-0.2, 0) is 0 Å². The molecule has 1 aromatic rings. The summed E-state index contributed by atoms with van der Waals surface area (Å²) in [6.45, 7) is 9.79. The van der Waals surface area contributed by atoms with E-state index in [9.17, 15) is 4.39 Å². The number of aryl methyl sites for hydroxylation is 1. The lowest BCUT2D eigenvalue weighted by molar-refractivity contribution is 0.222. The molecule has 1 N–H and O–H groups in total. The molecule has 0 amide bonds. The topological polar surface area (TPSA) is 21.3 Å². The number of rotatable bonds is 7. The van der Waals surface area contributed by atoms with E-state index < -0.39 is 0 Å². The van der Waals surface area contributed by atoms with E-state index >= 15 is 0 Å². The van der Waals surface area contributed by atoms with Gasteiger partial charge in [0.1, 0.15) is 18.2 Å². The smallest absolute Gasteiger partial charge is 0.126 e. The molecule has 102 valence electrons. The van der Waals surface area contributed by atoms with E-state index in [0.29, 0.717) is 24.1 Å². The first-order chi connectivity index (χ1) is 8.58. The summed E-state index contributed by atoms with van der Waals surface area (Å²) in [5.74, 6) is 1.11. The maximum absolute atomic E-state index is 13.1. The number of likely N-dealkylation sites (N-methyl/N-ethyl adjacent to an activating group) is 1. The fourth-order valence-electron chi connectivity index (χ4n) is 1.86. The third-order valence-corrected chi connectivity index (χ3v) is 3.36. The minimum absolute atomic E-state index is 0.187. The summed E-state index contributed by atoms with van der Waals surface area (Å²) in [5.41, 5.74) is 0.621. The zero-order valence-electron chi connectivity index (χ0n) is 11.8. The van der Waals surface area contributed by atoms with E-state index in [0.717, 1.165) is 18.7 Å². The van der Waals surface area contributed by atoms with Crippen molar-refractivity contribution in [3.05, 3.63) is 29.6 Å². The van der Waals surface area contributed by atoms with E-state index in [4.69, 9.17) is 4.74 Å². The molecule has 2 atom stereocenters. The summed E-state index contributed by atoms with van der Waals surface area (Å²) in [7, 11) is 0. The van der Waals surface area contributed by atoms with Crippen LogP contribution in [0.1, 0.15) is 32.8 Å². The Kier molecular flexibility index (Phi) is 6.13. The molecule has 1 rings (SSSR count). The van der Waals surface area contributed by atoms with Crippen LogP contribution in [0.4, 0.5) is 4.39 Å². The van der Waals surface area contributed by atoms with Crippen LogP contribution in [0.25, 0.3) is 0 Å². The highest BCUT2D eigenvalue weighted by Crippen LogP contribution is 2.17. The van der Waals surface area contributed by atoms with Crippen molar-refractivity contribution in [2.45, 2.75) is 40.2 Å². The quantitative estimate of drug-likeness (QED) is 0.802. The average Bonchev–Trinajstić information content (AvgIpc) is 2.37. The molecule has 0 heterocycles. The van der Waals surface area contributed by atoms with E-state index in [-0.39, 0.29) is 5.82 Å². The van der Waals surface area contributed by atoms with Crippen molar-refractivity contribution in [1.29, 1.82) is 0 Å². The standard InChI is InChI=1S/C15H24FNO/c1-5-11(3)15(17-6-2)10-18-13-7-8-14(16)12(4)9-13/h7-9,11,15,17H,5-6,10H2,1-4H3. The van der Waals surface area contributed by atoms with Gasteiger partial charge in [0, 0.05) is 6.04 Å². The monoisotopic (exact) mass is 253 g/mol. The fraction of sp³-hybridized carbons (Fsp3) is 0.600. The van der Waals surface area contributed by atoms with Crippen molar-refractivity contribution >= 4 is 0 Å². The van der Waals surface area contributed by atoms with Crippen molar-refractivity contribution in [2.75, 3.05) is 13.2 Å². The summed E-state index contributed by atoms with van der Waals surface area (Å²) in [6, 6.07) is 5.22. The highest BCUT2D eigenvalue weighted by atomic mass is 19.1. The molecule has 3 heteroatoms. The zero-order chi connectivity index (χ0) is 13.5.